The Morgan fingerprint density at radius 2 is 1.77 bits per heavy atom. The van der Waals surface area contributed by atoms with Gasteiger partial charge in [-0.1, -0.05) is 20.8 Å². The van der Waals surface area contributed by atoms with E-state index in [0.29, 0.717) is 36.6 Å². The van der Waals surface area contributed by atoms with Crippen LogP contribution in [0.15, 0.2) is 16.5 Å². The van der Waals surface area contributed by atoms with Crippen molar-refractivity contribution in [3.05, 3.63) is 40.8 Å². The topological polar surface area (TPSA) is 108 Å². The number of rotatable bonds is 3. The summed E-state index contributed by atoms with van der Waals surface area (Å²) in [4.78, 5) is 39.3. The van der Waals surface area contributed by atoms with E-state index in [2.05, 4.69) is 42.0 Å². The number of carbonyl (C=O) groups excluding carboxylic acids is 2. The van der Waals surface area contributed by atoms with Gasteiger partial charge in [0, 0.05) is 42.9 Å². The fourth-order valence-electron chi connectivity index (χ4n) is 5.68. The molecule has 5 rings (SSSR count). The highest BCUT2D eigenvalue weighted by molar-refractivity contribution is 6.48. The average Bonchev–Trinajstić information content (AvgIpc) is 3.47. The number of alkyl halides is 2. The van der Waals surface area contributed by atoms with Gasteiger partial charge in [0.25, 0.3) is 11.8 Å². The summed E-state index contributed by atoms with van der Waals surface area (Å²) >= 11 is 12.8. The summed E-state index contributed by atoms with van der Waals surface area (Å²) < 4.78 is 5.59. The predicted octanol–water partition coefficient (Wildman–Crippen LogP) is 5.76. The first kappa shape index (κ1) is 27.9. The first-order valence-corrected chi connectivity index (χ1v) is 14.2. The molecular weight excluding hydrogens is 539 g/mol. The second-order valence-corrected chi connectivity index (χ2v) is 14.2. The molecule has 2 amide bonds. The molecule has 2 fully saturated rings. The summed E-state index contributed by atoms with van der Waals surface area (Å²) in [5.41, 5.74) is 2.50. The Labute approximate surface area is 238 Å². The Bertz CT molecular complexity index is 1410. The number of fused-ring (bicyclic) bond motifs is 1. The van der Waals surface area contributed by atoms with Crippen molar-refractivity contribution in [2.45, 2.75) is 88.4 Å². The van der Waals surface area contributed by atoms with Gasteiger partial charge in [0.05, 0.1) is 5.54 Å². The molecule has 9 nitrogen and oxygen atoms in total. The summed E-state index contributed by atoms with van der Waals surface area (Å²) in [6.07, 6.45) is 3.17. The smallest absolute Gasteiger partial charge is 0.291 e. The molecule has 0 bridgehead atoms. The lowest BCUT2D eigenvalue weighted by molar-refractivity contribution is 0.0146. The zero-order valence-electron chi connectivity index (χ0n) is 23.4. The number of aromatic amines is 1. The highest BCUT2D eigenvalue weighted by atomic mass is 35.5. The summed E-state index contributed by atoms with van der Waals surface area (Å²) in [5, 5.41) is 6.65. The molecule has 0 unspecified atom stereocenters. The number of nitrogens with zero attached hydrogens (tertiary/aromatic N) is 5. The van der Waals surface area contributed by atoms with Crippen LogP contribution in [0, 0.1) is 6.92 Å². The van der Waals surface area contributed by atoms with Gasteiger partial charge in [-0.25, -0.2) is 9.97 Å². The number of furan rings is 1. The number of amides is 2. The maximum Gasteiger partial charge on any atom is 0.291 e. The van der Waals surface area contributed by atoms with E-state index in [9.17, 15) is 9.59 Å². The number of halogens is 2. The molecule has 0 spiro atoms. The normalized spacial score (nSPS) is 20.0. The van der Waals surface area contributed by atoms with Crippen molar-refractivity contribution in [1.82, 2.24) is 30.0 Å². The Morgan fingerprint density at radius 3 is 2.36 bits per heavy atom. The molecule has 2 aliphatic rings. The largest absolute Gasteiger partial charge is 0.449 e. The molecule has 0 radical (unpaired) electrons. The molecule has 1 saturated heterocycles. The van der Waals surface area contributed by atoms with E-state index in [1.54, 1.807) is 22.8 Å². The minimum absolute atomic E-state index is 0.206. The van der Waals surface area contributed by atoms with E-state index >= 15 is 0 Å². The molecule has 1 aliphatic carbocycles. The fraction of sp³-hybridized carbons (Fsp3) is 0.607. The second-order valence-electron chi connectivity index (χ2n) is 12.5. The number of piperazine rings is 1. The summed E-state index contributed by atoms with van der Waals surface area (Å²) in [6.45, 7) is 13.1. The Balaban J connectivity index is 1.41. The molecule has 1 N–H and O–H groups in total. The number of hydrogen-bond acceptors (Lipinski definition) is 6. The number of H-pyrrole nitrogens is 1. The Morgan fingerprint density at radius 1 is 1.08 bits per heavy atom. The van der Waals surface area contributed by atoms with Crippen LogP contribution in [0.1, 0.15) is 104 Å². The highest BCUT2D eigenvalue weighted by Gasteiger charge is 2.41. The third-order valence-electron chi connectivity index (χ3n) is 7.89. The average molecular weight is 576 g/mol. The Hall–Kier alpha value is -2.65. The third kappa shape index (κ3) is 5.53. The fourth-order valence-corrected chi connectivity index (χ4v) is 6.11. The van der Waals surface area contributed by atoms with Crippen LogP contribution >= 0.6 is 23.2 Å². The second kappa shape index (κ2) is 9.77. The van der Waals surface area contributed by atoms with Gasteiger partial charge in [0.2, 0.25) is 5.82 Å². The zero-order valence-corrected chi connectivity index (χ0v) is 24.9. The molecule has 0 aromatic carbocycles. The molecular formula is C28H36Cl2N6O3. The molecule has 3 aromatic heterocycles. The Kier molecular flexibility index (Phi) is 6.99. The van der Waals surface area contributed by atoms with Crippen LogP contribution < -0.4 is 0 Å². The lowest BCUT2D eigenvalue weighted by Crippen LogP contribution is -2.62. The van der Waals surface area contributed by atoms with E-state index in [4.69, 9.17) is 32.6 Å². The van der Waals surface area contributed by atoms with Crippen molar-refractivity contribution in [2.24, 2.45) is 0 Å². The number of pyridine rings is 1. The highest BCUT2D eigenvalue weighted by Crippen LogP contribution is 2.45. The number of hydrogen-bond donors (Lipinski definition) is 1. The van der Waals surface area contributed by atoms with Crippen molar-refractivity contribution >= 4 is 46.1 Å². The van der Waals surface area contributed by atoms with E-state index in [0.717, 1.165) is 36.9 Å². The van der Waals surface area contributed by atoms with Gasteiger partial charge in [-0.2, -0.15) is 5.10 Å². The van der Waals surface area contributed by atoms with Gasteiger partial charge >= 0.3 is 0 Å². The summed E-state index contributed by atoms with van der Waals surface area (Å²) in [7, 11) is 0. The van der Waals surface area contributed by atoms with Gasteiger partial charge in [-0.3, -0.25) is 14.7 Å². The molecule has 1 aliphatic heterocycles. The van der Waals surface area contributed by atoms with Crippen LogP contribution in [0.4, 0.5) is 0 Å². The monoisotopic (exact) mass is 574 g/mol. The number of aromatic nitrogens is 4. The molecule has 1 saturated carbocycles. The molecule has 210 valence electrons. The molecule has 0 atom stereocenters. The van der Waals surface area contributed by atoms with Crippen molar-refractivity contribution in [3.63, 3.8) is 0 Å². The minimum Gasteiger partial charge on any atom is -0.449 e. The zero-order chi connectivity index (χ0) is 28.3. The van der Waals surface area contributed by atoms with E-state index in [1.165, 1.54) is 0 Å². The first-order valence-electron chi connectivity index (χ1n) is 13.5. The molecule has 3 aromatic rings. The predicted molar refractivity (Wildman–Crippen MR) is 150 cm³/mol. The van der Waals surface area contributed by atoms with E-state index < -0.39 is 9.87 Å². The van der Waals surface area contributed by atoms with Crippen molar-refractivity contribution in [2.75, 3.05) is 19.6 Å². The number of nitrogens with one attached hydrogen (secondary N) is 1. The quantitative estimate of drug-likeness (QED) is 0.398. The molecule has 4 heterocycles. The number of aryl methyl sites for hydroxylation is 1. The van der Waals surface area contributed by atoms with Gasteiger partial charge in [0.1, 0.15) is 15.7 Å². The van der Waals surface area contributed by atoms with Gasteiger partial charge < -0.3 is 14.2 Å². The number of carbonyl (C=O) groups is 2. The summed E-state index contributed by atoms with van der Waals surface area (Å²) in [6, 6.07) is 3.89. The van der Waals surface area contributed by atoms with Gasteiger partial charge in [-0.15, -0.1) is 23.2 Å². The lowest BCUT2D eigenvalue weighted by atomic mass is 9.82. The van der Waals surface area contributed by atoms with Gasteiger partial charge in [0.15, 0.2) is 11.3 Å². The van der Waals surface area contributed by atoms with E-state index in [1.807, 2.05) is 13.8 Å². The van der Waals surface area contributed by atoms with Crippen molar-refractivity contribution in [3.8, 4) is 0 Å². The first-order chi connectivity index (χ1) is 18.1. The van der Waals surface area contributed by atoms with Gasteiger partial charge in [-0.05, 0) is 57.9 Å². The minimum atomic E-state index is -0.669. The van der Waals surface area contributed by atoms with Crippen LogP contribution in [0.5, 0.6) is 0 Å². The molecule has 39 heavy (non-hydrogen) atoms. The van der Waals surface area contributed by atoms with Crippen LogP contribution in [-0.4, -0.2) is 71.3 Å². The van der Waals surface area contributed by atoms with Crippen molar-refractivity contribution < 1.29 is 14.0 Å². The summed E-state index contributed by atoms with van der Waals surface area (Å²) in [5.74, 6) is 0.786. The van der Waals surface area contributed by atoms with E-state index in [-0.39, 0.29) is 34.7 Å². The van der Waals surface area contributed by atoms with Crippen LogP contribution in [0.2, 0.25) is 0 Å². The van der Waals surface area contributed by atoms with Crippen LogP contribution in [0.3, 0.4) is 0 Å². The SMILES string of the molecule is Cc1n[nH]c(C(=O)N2CCN(C(=O)c3cc4nc(C5CCC(Cl)(Cl)CC5)cc(C(C)(C)C)c4o3)C(C)(C)C2)n1. The standard InChI is InChI=1S/C28H36Cl2N6O3/c1-16-31-23(34-33-16)25(38)35-11-12-36(27(5,6)15-35)24(37)21-14-20-22(39-21)18(26(2,3)4)13-19(32-20)17-7-9-28(29,30)10-8-17/h13-14,17H,7-12,15H2,1-6H3,(H,31,33,34). The maximum absolute atomic E-state index is 13.8. The van der Waals surface area contributed by atoms with Crippen LogP contribution in [-0.2, 0) is 5.41 Å². The third-order valence-corrected chi connectivity index (χ3v) is 8.64. The maximum atomic E-state index is 13.8. The van der Waals surface area contributed by atoms with Crippen LogP contribution in [0.25, 0.3) is 11.1 Å². The molecule has 11 heteroatoms. The van der Waals surface area contributed by atoms with Crippen molar-refractivity contribution in [1.29, 1.82) is 0 Å². The lowest BCUT2D eigenvalue weighted by Gasteiger charge is -2.46.